The Bertz CT molecular complexity index is 3220. The van der Waals surface area contributed by atoms with Gasteiger partial charge in [-0.1, -0.05) is 146 Å². The van der Waals surface area contributed by atoms with Gasteiger partial charge >= 0.3 is 0 Å². The molecule has 0 amide bonds. The molecule has 0 atom stereocenters. The Kier molecular flexibility index (Phi) is 7.78. The molecule has 0 spiro atoms. The molecule has 2 aromatic heterocycles. The standard InChI is InChI=1S/C53H34N2O2/c1-4-14-35(15-5-1)37-24-27-41(28-25-37)55(42-29-26-36-16-10-11-21-40(36)32-42)43-30-31-44(46(33-43)38-17-6-2-7-18-38)47-34-49-50(45-22-12-13-23-48(45)56-49)52-51(47)54-53(57-52)39-19-8-3-9-20-39/h1-34H. The average Bonchev–Trinajstić information content (AvgIpc) is 3.90. The van der Waals surface area contributed by atoms with Crippen molar-refractivity contribution >= 4 is 60.9 Å². The van der Waals surface area contributed by atoms with Crippen LogP contribution >= 0.6 is 0 Å². The summed E-state index contributed by atoms with van der Waals surface area (Å²) in [6.07, 6.45) is 0. The van der Waals surface area contributed by atoms with Crippen LogP contribution in [0.3, 0.4) is 0 Å². The van der Waals surface area contributed by atoms with Crippen molar-refractivity contribution in [2.24, 2.45) is 0 Å². The largest absolute Gasteiger partial charge is 0.456 e. The minimum absolute atomic E-state index is 0.573. The third kappa shape index (κ3) is 5.74. The molecule has 11 rings (SSSR count). The molecule has 0 saturated carbocycles. The summed E-state index contributed by atoms with van der Waals surface area (Å²) in [5, 5.41) is 4.32. The highest BCUT2D eigenvalue weighted by atomic mass is 16.4. The molecule has 9 aromatic carbocycles. The van der Waals surface area contributed by atoms with Gasteiger partial charge in [-0.25, -0.2) is 4.98 Å². The molecule has 268 valence electrons. The van der Waals surface area contributed by atoms with E-state index >= 15 is 0 Å². The summed E-state index contributed by atoms with van der Waals surface area (Å²) in [4.78, 5) is 7.57. The van der Waals surface area contributed by atoms with Crippen molar-refractivity contribution in [2.75, 3.05) is 4.90 Å². The molecule has 0 saturated heterocycles. The summed E-state index contributed by atoms with van der Waals surface area (Å²) in [6.45, 7) is 0. The lowest BCUT2D eigenvalue weighted by atomic mass is 9.92. The fourth-order valence-corrected chi connectivity index (χ4v) is 8.14. The smallest absolute Gasteiger partial charge is 0.227 e. The van der Waals surface area contributed by atoms with E-state index < -0.39 is 0 Å². The highest BCUT2D eigenvalue weighted by Gasteiger charge is 2.24. The zero-order valence-corrected chi connectivity index (χ0v) is 30.8. The van der Waals surface area contributed by atoms with Gasteiger partial charge in [0.25, 0.3) is 0 Å². The lowest BCUT2D eigenvalue weighted by Crippen LogP contribution is -2.10. The maximum Gasteiger partial charge on any atom is 0.227 e. The van der Waals surface area contributed by atoms with Gasteiger partial charge < -0.3 is 13.7 Å². The quantitative estimate of drug-likeness (QED) is 0.164. The second kappa shape index (κ2) is 13.6. The number of rotatable bonds is 7. The van der Waals surface area contributed by atoms with Gasteiger partial charge in [0.05, 0.1) is 5.39 Å². The van der Waals surface area contributed by atoms with Gasteiger partial charge in [-0.15, -0.1) is 0 Å². The van der Waals surface area contributed by atoms with Crippen LogP contribution in [0.1, 0.15) is 0 Å². The van der Waals surface area contributed by atoms with Crippen LogP contribution in [0.4, 0.5) is 17.1 Å². The highest BCUT2D eigenvalue weighted by molar-refractivity contribution is 6.20. The van der Waals surface area contributed by atoms with Gasteiger partial charge in [0.15, 0.2) is 5.58 Å². The fraction of sp³-hybridized carbons (Fsp3) is 0. The monoisotopic (exact) mass is 730 g/mol. The van der Waals surface area contributed by atoms with Gasteiger partial charge in [0.1, 0.15) is 16.7 Å². The average molecular weight is 731 g/mol. The van der Waals surface area contributed by atoms with Crippen LogP contribution in [-0.2, 0) is 0 Å². The van der Waals surface area contributed by atoms with E-state index in [-0.39, 0.29) is 0 Å². The molecule has 2 heterocycles. The first-order valence-corrected chi connectivity index (χ1v) is 19.2. The van der Waals surface area contributed by atoms with Crippen LogP contribution in [-0.4, -0.2) is 4.98 Å². The number of furan rings is 1. The van der Waals surface area contributed by atoms with Gasteiger partial charge in [0.2, 0.25) is 5.89 Å². The number of anilines is 3. The SMILES string of the molecule is c1ccc(-c2ccc(N(c3ccc(-c4cc5oc6ccccc6c5c5oc(-c6ccccc6)nc45)c(-c4ccccc4)c3)c3ccc4ccccc4c3)cc2)cc1. The molecule has 0 fully saturated rings. The van der Waals surface area contributed by atoms with E-state index in [2.05, 4.69) is 163 Å². The number of benzene rings is 9. The number of oxazole rings is 1. The first-order valence-electron chi connectivity index (χ1n) is 19.2. The molecule has 11 aromatic rings. The molecular weight excluding hydrogens is 697 g/mol. The molecule has 4 heteroatoms. The molecule has 0 N–H and O–H groups in total. The Morgan fingerprint density at radius 3 is 1.74 bits per heavy atom. The third-order valence-electron chi connectivity index (χ3n) is 10.9. The number of hydrogen-bond acceptors (Lipinski definition) is 4. The van der Waals surface area contributed by atoms with Crippen molar-refractivity contribution in [1.82, 2.24) is 4.98 Å². The summed E-state index contributed by atoms with van der Waals surface area (Å²) < 4.78 is 13.3. The Morgan fingerprint density at radius 2 is 0.965 bits per heavy atom. The van der Waals surface area contributed by atoms with Crippen molar-refractivity contribution < 1.29 is 8.83 Å². The Morgan fingerprint density at radius 1 is 0.368 bits per heavy atom. The fourth-order valence-electron chi connectivity index (χ4n) is 8.14. The van der Waals surface area contributed by atoms with E-state index in [4.69, 9.17) is 13.8 Å². The number of aromatic nitrogens is 1. The van der Waals surface area contributed by atoms with Gasteiger partial charge in [0, 0.05) is 33.6 Å². The summed E-state index contributed by atoms with van der Waals surface area (Å²) in [5.41, 5.74) is 13.7. The molecule has 0 unspecified atom stereocenters. The normalized spacial score (nSPS) is 11.5. The topological polar surface area (TPSA) is 42.4 Å². The number of hydrogen-bond donors (Lipinski definition) is 0. The van der Waals surface area contributed by atoms with Gasteiger partial charge in [-0.05, 0) is 99.3 Å². The van der Waals surface area contributed by atoms with Crippen LogP contribution in [0.15, 0.2) is 215 Å². The van der Waals surface area contributed by atoms with Crippen LogP contribution in [0.25, 0.3) is 88.6 Å². The number of nitrogens with zero attached hydrogens (tertiary/aromatic N) is 2. The van der Waals surface area contributed by atoms with Crippen molar-refractivity contribution in [3.8, 4) is 44.8 Å². The van der Waals surface area contributed by atoms with E-state index in [0.29, 0.717) is 11.5 Å². The van der Waals surface area contributed by atoms with Gasteiger partial charge in [-0.3, -0.25) is 0 Å². The van der Waals surface area contributed by atoms with Crippen molar-refractivity contribution in [3.63, 3.8) is 0 Å². The van der Waals surface area contributed by atoms with Gasteiger partial charge in [-0.2, -0.15) is 0 Å². The van der Waals surface area contributed by atoms with E-state index in [1.54, 1.807) is 0 Å². The second-order valence-electron chi connectivity index (χ2n) is 14.3. The van der Waals surface area contributed by atoms with Crippen molar-refractivity contribution in [2.45, 2.75) is 0 Å². The van der Waals surface area contributed by atoms with Crippen molar-refractivity contribution in [3.05, 3.63) is 206 Å². The van der Waals surface area contributed by atoms with Crippen LogP contribution in [0.2, 0.25) is 0 Å². The zero-order valence-electron chi connectivity index (χ0n) is 30.8. The summed E-state index contributed by atoms with van der Waals surface area (Å²) in [7, 11) is 0. The van der Waals surface area contributed by atoms with E-state index in [0.717, 1.165) is 72.3 Å². The predicted octanol–water partition coefficient (Wildman–Crippen LogP) is 15.0. The van der Waals surface area contributed by atoms with Crippen molar-refractivity contribution in [1.29, 1.82) is 0 Å². The molecule has 0 bridgehead atoms. The number of fused-ring (bicyclic) bond motifs is 6. The molecule has 0 aliphatic carbocycles. The van der Waals surface area contributed by atoms with E-state index in [9.17, 15) is 0 Å². The minimum atomic E-state index is 0.573. The second-order valence-corrected chi connectivity index (χ2v) is 14.3. The minimum Gasteiger partial charge on any atom is -0.456 e. The molecule has 0 aliphatic rings. The third-order valence-corrected chi connectivity index (χ3v) is 10.9. The lowest BCUT2D eigenvalue weighted by molar-refractivity contribution is 0.622. The first-order chi connectivity index (χ1) is 28.2. The number of para-hydroxylation sites is 1. The molecular formula is C53H34N2O2. The zero-order chi connectivity index (χ0) is 37.7. The Labute approximate surface area is 329 Å². The molecule has 4 nitrogen and oxygen atoms in total. The van der Waals surface area contributed by atoms with E-state index in [1.807, 2.05) is 48.5 Å². The first kappa shape index (κ1) is 32.7. The van der Waals surface area contributed by atoms with E-state index in [1.165, 1.54) is 21.9 Å². The maximum atomic E-state index is 6.72. The van der Waals surface area contributed by atoms with Crippen LogP contribution in [0, 0.1) is 0 Å². The summed E-state index contributed by atoms with van der Waals surface area (Å²) in [6, 6.07) is 72.3. The van der Waals surface area contributed by atoms with Crippen LogP contribution in [0.5, 0.6) is 0 Å². The molecule has 57 heavy (non-hydrogen) atoms. The summed E-state index contributed by atoms with van der Waals surface area (Å²) in [5.74, 6) is 0.573. The van der Waals surface area contributed by atoms with Crippen LogP contribution < -0.4 is 4.90 Å². The summed E-state index contributed by atoms with van der Waals surface area (Å²) >= 11 is 0. The predicted molar refractivity (Wildman–Crippen MR) is 235 cm³/mol. The molecule has 0 radical (unpaired) electrons. The maximum absolute atomic E-state index is 6.72. The molecule has 0 aliphatic heterocycles. The Hall–Kier alpha value is -7.69. The Balaban J connectivity index is 1.15. The lowest BCUT2D eigenvalue weighted by Gasteiger charge is -2.27. The highest BCUT2D eigenvalue weighted by Crippen LogP contribution is 2.46.